The van der Waals surface area contributed by atoms with Crippen molar-refractivity contribution in [2.45, 2.75) is 58.1 Å². The van der Waals surface area contributed by atoms with Gasteiger partial charge in [0.25, 0.3) is 0 Å². The minimum atomic E-state index is -0.760. The monoisotopic (exact) mass is 562 g/mol. The quantitative estimate of drug-likeness (QED) is 0.347. The molecule has 1 saturated heterocycles. The average molecular weight is 563 g/mol. The number of likely N-dealkylation sites (tertiary alicyclic amines) is 1. The molecule has 1 atom stereocenters. The number of piperidine rings is 1. The molecule has 7 nitrogen and oxygen atoms in total. The normalized spacial score (nSPS) is 15.7. The number of rotatable bonds is 8. The Kier molecular flexibility index (Phi) is 9.30. The molecule has 4 rings (SSSR count). The third-order valence-electron chi connectivity index (χ3n) is 7.23. The molecular formula is C32H38N2O5S. The standard InChI is InChI=1S/C32H38N2O5S/c1-31(2,3)39-30(37)33-27(21-26-11-8-20-40-26)28(35)34-18-16-32(17-19-34,29(36)38-4)22-23-12-14-25(15-13-23)24-9-6-5-7-10-24/h5-15,20,27H,16-19,21-22H2,1-4H3,(H,33,37). The Morgan fingerprint density at radius 2 is 1.60 bits per heavy atom. The Labute approximate surface area is 240 Å². The molecule has 1 aliphatic rings. The van der Waals surface area contributed by atoms with E-state index in [0.717, 1.165) is 21.6 Å². The molecule has 0 bridgehead atoms. The first kappa shape index (κ1) is 29.3. The number of hydrogen-bond acceptors (Lipinski definition) is 6. The van der Waals surface area contributed by atoms with Gasteiger partial charge in [0.05, 0.1) is 12.5 Å². The number of alkyl carbamates (subject to hydrolysis) is 1. The van der Waals surface area contributed by atoms with E-state index in [0.29, 0.717) is 38.8 Å². The van der Waals surface area contributed by atoms with E-state index >= 15 is 0 Å². The van der Waals surface area contributed by atoms with Gasteiger partial charge < -0.3 is 19.7 Å². The lowest BCUT2D eigenvalue weighted by Gasteiger charge is -2.41. The molecule has 0 radical (unpaired) electrons. The van der Waals surface area contributed by atoms with Crippen LogP contribution in [0.3, 0.4) is 0 Å². The second kappa shape index (κ2) is 12.7. The smallest absolute Gasteiger partial charge is 0.408 e. The molecule has 2 heterocycles. The molecule has 8 heteroatoms. The minimum absolute atomic E-state index is 0.176. The van der Waals surface area contributed by atoms with Crippen LogP contribution in [0.15, 0.2) is 72.1 Å². The fourth-order valence-corrected chi connectivity index (χ4v) is 5.91. The van der Waals surface area contributed by atoms with E-state index in [9.17, 15) is 14.4 Å². The molecule has 40 heavy (non-hydrogen) atoms. The molecule has 1 aromatic heterocycles. The first-order chi connectivity index (χ1) is 19.1. The zero-order chi connectivity index (χ0) is 28.8. The second-order valence-electron chi connectivity index (χ2n) is 11.3. The van der Waals surface area contributed by atoms with Gasteiger partial charge in [0, 0.05) is 24.4 Å². The maximum atomic E-state index is 13.7. The number of carbonyl (C=O) groups is 3. The largest absolute Gasteiger partial charge is 0.469 e. The molecule has 1 N–H and O–H groups in total. The van der Waals surface area contributed by atoms with Crippen molar-refractivity contribution >= 4 is 29.3 Å². The van der Waals surface area contributed by atoms with E-state index in [1.165, 1.54) is 18.4 Å². The molecule has 1 fully saturated rings. The second-order valence-corrected chi connectivity index (χ2v) is 12.4. The number of carbonyl (C=O) groups excluding carboxylic acids is 3. The average Bonchev–Trinajstić information content (AvgIpc) is 3.45. The van der Waals surface area contributed by atoms with E-state index in [2.05, 4.69) is 41.7 Å². The van der Waals surface area contributed by atoms with Crippen molar-refractivity contribution in [2.24, 2.45) is 5.41 Å². The Morgan fingerprint density at radius 1 is 0.950 bits per heavy atom. The number of ether oxygens (including phenoxy) is 2. The summed E-state index contributed by atoms with van der Waals surface area (Å²) in [7, 11) is 1.42. The van der Waals surface area contributed by atoms with Crippen LogP contribution in [0.5, 0.6) is 0 Å². The van der Waals surface area contributed by atoms with Crippen molar-refractivity contribution in [3.63, 3.8) is 0 Å². The Balaban J connectivity index is 1.45. The summed E-state index contributed by atoms with van der Waals surface area (Å²) in [6.45, 7) is 6.15. The number of amides is 2. The summed E-state index contributed by atoms with van der Waals surface area (Å²) < 4.78 is 10.7. The van der Waals surface area contributed by atoms with Crippen LogP contribution in [0.1, 0.15) is 44.1 Å². The third-order valence-corrected chi connectivity index (χ3v) is 8.13. The highest BCUT2D eigenvalue weighted by Gasteiger charge is 2.44. The number of methoxy groups -OCH3 is 1. The van der Waals surface area contributed by atoms with Gasteiger partial charge in [-0.05, 0) is 68.2 Å². The zero-order valence-corrected chi connectivity index (χ0v) is 24.5. The lowest BCUT2D eigenvalue weighted by Crippen LogP contribution is -2.55. The first-order valence-electron chi connectivity index (χ1n) is 13.6. The molecule has 0 spiro atoms. The van der Waals surface area contributed by atoms with Crippen molar-refractivity contribution < 1.29 is 23.9 Å². The van der Waals surface area contributed by atoms with Crippen LogP contribution < -0.4 is 5.32 Å². The maximum absolute atomic E-state index is 13.7. The number of esters is 1. The van der Waals surface area contributed by atoms with E-state index < -0.39 is 23.2 Å². The van der Waals surface area contributed by atoms with Gasteiger partial charge >= 0.3 is 12.1 Å². The molecule has 3 aromatic rings. The van der Waals surface area contributed by atoms with E-state index in [4.69, 9.17) is 9.47 Å². The van der Waals surface area contributed by atoms with Crippen LogP contribution in [0.25, 0.3) is 11.1 Å². The van der Waals surface area contributed by atoms with Gasteiger partial charge in [-0.15, -0.1) is 11.3 Å². The first-order valence-corrected chi connectivity index (χ1v) is 14.5. The predicted molar refractivity (Wildman–Crippen MR) is 157 cm³/mol. The van der Waals surface area contributed by atoms with E-state index in [-0.39, 0.29) is 11.9 Å². The predicted octanol–water partition coefficient (Wildman–Crippen LogP) is 5.88. The Morgan fingerprint density at radius 3 is 2.17 bits per heavy atom. The van der Waals surface area contributed by atoms with Crippen LogP contribution in [0, 0.1) is 5.41 Å². The fraction of sp³-hybridized carbons (Fsp3) is 0.406. The minimum Gasteiger partial charge on any atom is -0.469 e. The molecule has 212 valence electrons. The Hall–Kier alpha value is -3.65. The summed E-state index contributed by atoms with van der Waals surface area (Å²) in [6.07, 6.45) is 1.24. The Bertz CT molecular complexity index is 1280. The summed E-state index contributed by atoms with van der Waals surface area (Å²) in [6, 6.07) is 21.5. The van der Waals surface area contributed by atoms with Crippen LogP contribution in [-0.4, -0.2) is 54.7 Å². The highest BCUT2D eigenvalue weighted by Crippen LogP contribution is 2.37. The highest BCUT2D eigenvalue weighted by molar-refractivity contribution is 7.09. The number of nitrogens with one attached hydrogen (secondary N) is 1. The van der Waals surface area contributed by atoms with E-state index in [1.807, 2.05) is 35.7 Å². The SMILES string of the molecule is COC(=O)C1(Cc2ccc(-c3ccccc3)cc2)CCN(C(=O)C(Cc2cccs2)NC(=O)OC(C)(C)C)CC1. The summed E-state index contributed by atoms with van der Waals surface area (Å²) >= 11 is 1.54. The fourth-order valence-electron chi connectivity index (χ4n) is 5.16. The summed E-state index contributed by atoms with van der Waals surface area (Å²) in [5.41, 5.74) is 1.91. The van der Waals surface area contributed by atoms with Crippen molar-refractivity contribution in [1.82, 2.24) is 10.2 Å². The van der Waals surface area contributed by atoms with Crippen molar-refractivity contribution in [3.05, 3.63) is 82.6 Å². The van der Waals surface area contributed by atoms with Gasteiger partial charge in [0.2, 0.25) is 5.91 Å². The molecule has 2 aromatic carbocycles. The van der Waals surface area contributed by atoms with Gasteiger partial charge in [0.15, 0.2) is 0 Å². The molecular weight excluding hydrogens is 524 g/mol. The van der Waals surface area contributed by atoms with Crippen LogP contribution in [-0.2, 0) is 31.9 Å². The molecule has 2 amide bonds. The maximum Gasteiger partial charge on any atom is 0.408 e. The van der Waals surface area contributed by atoms with Crippen molar-refractivity contribution in [2.75, 3.05) is 20.2 Å². The highest BCUT2D eigenvalue weighted by atomic mass is 32.1. The molecule has 0 saturated carbocycles. The summed E-state index contributed by atoms with van der Waals surface area (Å²) in [4.78, 5) is 42.0. The van der Waals surface area contributed by atoms with Gasteiger partial charge in [-0.1, -0.05) is 60.7 Å². The molecule has 0 aliphatic carbocycles. The van der Waals surface area contributed by atoms with Crippen LogP contribution >= 0.6 is 11.3 Å². The number of benzene rings is 2. The third kappa shape index (κ3) is 7.50. The van der Waals surface area contributed by atoms with Gasteiger partial charge in [-0.2, -0.15) is 0 Å². The topological polar surface area (TPSA) is 84.9 Å². The van der Waals surface area contributed by atoms with E-state index in [1.54, 1.807) is 25.7 Å². The van der Waals surface area contributed by atoms with Gasteiger partial charge in [-0.25, -0.2) is 4.79 Å². The zero-order valence-electron chi connectivity index (χ0n) is 23.6. The molecule has 1 aliphatic heterocycles. The van der Waals surface area contributed by atoms with Crippen molar-refractivity contribution in [3.8, 4) is 11.1 Å². The number of nitrogens with zero attached hydrogens (tertiary/aromatic N) is 1. The summed E-state index contributed by atoms with van der Waals surface area (Å²) in [5, 5.41) is 4.73. The van der Waals surface area contributed by atoms with Gasteiger partial charge in [-0.3, -0.25) is 9.59 Å². The van der Waals surface area contributed by atoms with Crippen LogP contribution in [0.2, 0.25) is 0 Å². The van der Waals surface area contributed by atoms with Crippen LogP contribution in [0.4, 0.5) is 4.79 Å². The number of thiophene rings is 1. The summed E-state index contributed by atoms with van der Waals surface area (Å²) in [5.74, 6) is -0.432. The number of hydrogen-bond donors (Lipinski definition) is 1. The van der Waals surface area contributed by atoms with Gasteiger partial charge in [0.1, 0.15) is 11.6 Å². The molecule has 1 unspecified atom stereocenters. The lowest BCUT2D eigenvalue weighted by molar-refractivity contribution is -0.158. The lowest BCUT2D eigenvalue weighted by atomic mass is 9.73. The van der Waals surface area contributed by atoms with Crippen molar-refractivity contribution in [1.29, 1.82) is 0 Å².